The number of benzene rings is 2. The molecule has 0 saturated heterocycles. The van der Waals surface area contributed by atoms with Crippen LogP contribution in [-0.4, -0.2) is 0 Å². The molecule has 0 amide bonds. The molecule has 0 saturated carbocycles. The summed E-state index contributed by atoms with van der Waals surface area (Å²) in [7, 11) is 0. The van der Waals surface area contributed by atoms with E-state index in [-0.39, 0.29) is 0 Å². The minimum Gasteiger partial charge on any atom is -0.326 e. The van der Waals surface area contributed by atoms with Crippen LogP contribution < -0.4 is 4.72 Å². The predicted molar refractivity (Wildman–Crippen MR) is 79.8 cm³/mol. The molecule has 0 bridgehead atoms. The number of halogens is 1. The van der Waals surface area contributed by atoms with E-state index in [0.717, 1.165) is 5.69 Å². The fourth-order valence-electron chi connectivity index (χ4n) is 1.24. The van der Waals surface area contributed by atoms with Crippen molar-refractivity contribution >= 4 is 40.2 Å². The van der Waals surface area contributed by atoms with Gasteiger partial charge in [-0.15, -0.1) is 0 Å². The zero-order chi connectivity index (χ0) is 11.4. The lowest BCUT2D eigenvalue weighted by molar-refractivity contribution is 1.38. The van der Waals surface area contributed by atoms with E-state index < -0.39 is 0 Å². The minimum atomic E-state index is 1.13. The van der Waals surface area contributed by atoms with Crippen molar-refractivity contribution in [1.82, 2.24) is 0 Å². The molecule has 0 atom stereocenters. The van der Waals surface area contributed by atoms with Gasteiger partial charge in [0.1, 0.15) is 0 Å². The number of aryl methyl sites for hydroxylation is 1. The Morgan fingerprint density at radius 3 is 2.19 bits per heavy atom. The first-order valence-electron chi connectivity index (χ1n) is 4.99. The van der Waals surface area contributed by atoms with E-state index >= 15 is 0 Å². The second-order valence-electron chi connectivity index (χ2n) is 3.52. The summed E-state index contributed by atoms with van der Waals surface area (Å²) in [5.41, 5.74) is 2.42. The van der Waals surface area contributed by atoms with E-state index in [1.54, 1.807) is 11.9 Å². The molecule has 1 N–H and O–H groups in total. The van der Waals surface area contributed by atoms with Gasteiger partial charge < -0.3 is 4.72 Å². The van der Waals surface area contributed by atoms with E-state index in [0.29, 0.717) is 0 Å². The SMILES string of the molecule is Cc1ccc(SNc2ccc(I)cc2)cc1. The second kappa shape index (κ2) is 5.59. The molecule has 2 aromatic rings. The highest BCUT2D eigenvalue weighted by atomic mass is 127. The maximum atomic E-state index is 3.32. The Bertz CT molecular complexity index is 405. The maximum absolute atomic E-state index is 3.32. The normalized spacial score (nSPS) is 10.1. The third-order valence-electron chi connectivity index (χ3n) is 2.15. The van der Waals surface area contributed by atoms with Gasteiger partial charge in [0.2, 0.25) is 0 Å². The molecular weight excluding hydrogens is 329 g/mol. The topological polar surface area (TPSA) is 12.0 Å². The Labute approximate surface area is 114 Å². The molecule has 1 nitrogen and oxygen atoms in total. The standard InChI is InChI=1S/C13H12INS/c1-10-2-8-13(9-3-10)16-15-12-6-4-11(14)5-7-12/h2-9,15H,1H3. The van der Waals surface area contributed by atoms with Crippen LogP contribution in [0.15, 0.2) is 53.4 Å². The number of hydrogen-bond donors (Lipinski definition) is 1. The lowest BCUT2D eigenvalue weighted by Crippen LogP contribution is -1.86. The zero-order valence-electron chi connectivity index (χ0n) is 8.91. The highest BCUT2D eigenvalue weighted by Crippen LogP contribution is 2.21. The van der Waals surface area contributed by atoms with Crippen molar-refractivity contribution in [3.8, 4) is 0 Å². The molecule has 0 unspecified atom stereocenters. The van der Waals surface area contributed by atoms with Crippen molar-refractivity contribution in [2.75, 3.05) is 4.72 Å². The molecule has 2 aromatic carbocycles. The monoisotopic (exact) mass is 341 g/mol. The van der Waals surface area contributed by atoms with Gasteiger partial charge in [-0.1, -0.05) is 17.7 Å². The quantitative estimate of drug-likeness (QED) is 0.640. The first kappa shape index (κ1) is 11.8. The third-order valence-corrected chi connectivity index (χ3v) is 3.72. The van der Waals surface area contributed by atoms with Crippen LogP contribution in [0.4, 0.5) is 5.69 Å². The van der Waals surface area contributed by atoms with Crippen molar-refractivity contribution in [1.29, 1.82) is 0 Å². The first-order valence-corrected chi connectivity index (χ1v) is 6.89. The van der Waals surface area contributed by atoms with Crippen LogP contribution in [0.5, 0.6) is 0 Å². The lowest BCUT2D eigenvalue weighted by atomic mass is 10.2. The van der Waals surface area contributed by atoms with E-state index in [2.05, 4.69) is 82.8 Å². The predicted octanol–water partition coefficient (Wildman–Crippen LogP) is 4.72. The first-order chi connectivity index (χ1) is 7.74. The van der Waals surface area contributed by atoms with Gasteiger partial charge in [-0.25, -0.2) is 0 Å². The summed E-state index contributed by atoms with van der Waals surface area (Å²) in [6.07, 6.45) is 0. The molecule has 0 aliphatic heterocycles. The summed E-state index contributed by atoms with van der Waals surface area (Å²) in [5, 5.41) is 0. The van der Waals surface area contributed by atoms with Gasteiger partial charge in [0.25, 0.3) is 0 Å². The molecule has 0 fully saturated rings. The van der Waals surface area contributed by atoms with Gasteiger partial charge in [-0.05, 0) is 77.9 Å². The van der Waals surface area contributed by atoms with E-state index in [4.69, 9.17) is 0 Å². The third kappa shape index (κ3) is 3.42. The molecule has 16 heavy (non-hydrogen) atoms. The molecule has 0 aliphatic carbocycles. The summed E-state index contributed by atoms with van der Waals surface area (Å²) >= 11 is 3.94. The molecule has 2 rings (SSSR count). The van der Waals surface area contributed by atoms with Gasteiger partial charge in [-0.3, -0.25) is 0 Å². The van der Waals surface area contributed by atoms with Gasteiger partial charge in [0.05, 0.1) is 0 Å². The second-order valence-corrected chi connectivity index (χ2v) is 5.65. The fourth-order valence-corrected chi connectivity index (χ4v) is 2.25. The summed E-state index contributed by atoms with van der Waals surface area (Å²) in [6, 6.07) is 16.9. The van der Waals surface area contributed by atoms with Crippen LogP contribution in [-0.2, 0) is 0 Å². The van der Waals surface area contributed by atoms with Gasteiger partial charge in [0, 0.05) is 14.2 Å². The van der Waals surface area contributed by atoms with Crippen LogP contribution in [0.2, 0.25) is 0 Å². The van der Waals surface area contributed by atoms with Crippen LogP contribution >= 0.6 is 34.5 Å². The number of anilines is 1. The number of nitrogens with one attached hydrogen (secondary N) is 1. The number of hydrogen-bond acceptors (Lipinski definition) is 2. The molecule has 0 spiro atoms. The highest BCUT2D eigenvalue weighted by molar-refractivity contribution is 14.1. The Kier molecular flexibility index (Phi) is 4.12. The van der Waals surface area contributed by atoms with Gasteiger partial charge >= 0.3 is 0 Å². The van der Waals surface area contributed by atoms with Crippen LogP contribution in [0, 0.1) is 10.5 Å². The van der Waals surface area contributed by atoms with E-state index in [1.165, 1.54) is 14.0 Å². The van der Waals surface area contributed by atoms with E-state index in [9.17, 15) is 0 Å². The van der Waals surface area contributed by atoms with E-state index in [1.807, 2.05) is 0 Å². The maximum Gasteiger partial charge on any atom is 0.0443 e. The Morgan fingerprint density at radius 1 is 0.938 bits per heavy atom. The summed E-state index contributed by atoms with van der Waals surface area (Å²) in [4.78, 5) is 1.23. The highest BCUT2D eigenvalue weighted by Gasteiger charge is 1.95. The summed E-state index contributed by atoms with van der Waals surface area (Å²) in [6.45, 7) is 2.10. The van der Waals surface area contributed by atoms with Crippen LogP contribution in [0.3, 0.4) is 0 Å². The minimum absolute atomic E-state index is 1.13. The van der Waals surface area contributed by atoms with Crippen molar-refractivity contribution in [2.24, 2.45) is 0 Å². The largest absolute Gasteiger partial charge is 0.326 e. The average molecular weight is 341 g/mol. The van der Waals surface area contributed by atoms with Crippen LogP contribution in [0.25, 0.3) is 0 Å². The summed E-state index contributed by atoms with van der Waals surface area (Å²) < 4.78 is 4.57. The Morgan fingerprint density at radius 2 is 1.56 bits per heavy atom. The smallest absolute Gasteiger partial charge is 0.0443 e. The van der Waals surface area contributed by atoms with Crippen molar-refractivity contribution in [2.45, 2.75) is 11.8 Å². The zero-order valence-corrected chi connectivity index (χ0v) is 11.9. The number of rotatable bonds is 3. The Hall–Kier alpha value is -0.680. The van der Waals surface area contributed by atoms with Crippen LogP contribution in [0.1, 0.15) is 5.56 Å². The molecule has 0 heterocycles. The van der Waals surface area contributed by atoms with Gasteiger partial charge in [-0.2, -0.15) is 0 Å². The van der Waals surface area contributed by atoms with Crippen molar-refractivity contribution < 1.29 is 0 Å². The molecule has 3 heteroatoms. The molecule has 0 aromatic heterocycles. The Balaban J connectivity index is 1.97. The average Bonchev–Trinajstić information content (AvgIpc) is 2.30. The molecule has 0 radical (unpaired) electrons. The molecule has 82 valence electrons. The summed E-state index contributed by atoms with van der Waals surface area (Å²) in [5.74, 6) is 0. The van der Waals surface area contributed by atoms with Crippen molar-refractivity contribution in [3.63, 3.8) is 0 Å². The lowest BCUT2D eigenvalue weighted by Gasteiger charge is -2.05. The van der Waals surface area contributed by atoms with Gasteiger partial charge in [0.15, 0.2) is 0 Å². The molecular formula is C13H12INS. The molecule has 0 aliphatic rings. The van der Waals surface area contributed by atoms with Crippen molar-refractivity contribution in [3.05, 3.63) is 57.7 Å². The fraction of sp³-hybridized carbons (Fsp3) is 0.0769.